The van der Waals surface area contributed by atoms with E-state index in [9.17, 15) is 35.2 Å². The lowest BCUT2D eigenvalue weighted by Crippen LogP contribution is -2.65. The van der Waals surface area contributed by atoms with Gasteiger partial charge in [0.2, 0.25) is 5.79 Å². The van der Waals surface area contributed by atoms with Crippen molar-refractivity contribution < 1.29 is 35.1 Å². The van der Waals surface area contributed by atoms with Crippen LogP contribution in [0.15, 0.2) is 35.7 Å². The Hall–Kier alpha value is -2.57. The summed E-state index contributed by atoms with van der Waals surface area (Å²) in [7, 11) is 0. The molecule has 1 aromatic heterocycles. The number of aromatic amines is 1. The second-order valence-electron chi connectivity index (χ2n) is 6.76. The monoisotopic (exact) mass is 395 g/mol. The quantitative estimate of drug-likeness (QED) is 0.252. The summed E-state index contributed by atoms with van der Waals surface area (Å²) in [6, 6.07) is 5.73. The van der Waals surface area contributed by atoms with E-state index < -0.39 is 49.3 Å². The molecule has 0 aliphatic carbocycles. The van der Waals surface area contributed by atoms with Crippen LogP contribution in [0.3, 0.4) is 0 Å². The van der Waals surface area contributed by atoms with Crippen LogP contribution in [0.25, 0.3) is 10.9 Å². The molecule has 1 saturated heterocycles. The maximum atomic E-state index is 11.8. The molecule has 0 bridgehead atoms. The lowest BCUT2D eigenvalue weighted by molar-refractivity contribution is -0.326. The number of nitrogens with one attached hydrogen (secondary N) is 1. The zero-order valence-electron chi connectivity index (χ0n) is 14.7. The third kappa shape index (κ3) is 3.70. The molecule has 11 nitrogen and oxygen atoms in total. The van der Waals surface area contributed by atoms with E-state index in [1.54, 1.807) is 18.3 Å². The maximum Gasteiger partial charge on any atom is 0.328 e. The standard InChI is InChI=1S/C17H21N3O8/c21-13-7-28-17(26,15(23)14(13)22)8-20(19-27)12(16(24)25)5-9-6-18-11-4-2-1-3-10(9)11/h1-4,6,12-15,18,21-23,26H,5,7-8H2,(H,24,25)/t12-,13+,14+,15+,17-/m0/s1. The number of benzene rings is 1. The molecule has 6 N–H and O–H groups in total. The number of rotatable bonds is 7. The summed E-state index contributed by atoms with van der Waals surface area (Å²) in [5, 5.41) is 53.3. The number of hydrogen-bond donors (Lipinski definition) is 6. The molecule has 1 aliphatic rings. The number of aliphatic hydroxyl groups is 4. The van der Waals surface area contributed by atoms with Crippen LogP contribution in [-0.4, -0.2) is 84.8 Å². The maximum absolute atomic E-state index is 11.8. The van der Waals surface area contributed by atoms with Gasteiger partial charge in [-0.05, 0) is 11.6 Å². The van der Waals surface area contributed by atoms with Crippen molar-refractivity contribution in [3.63, 3.8) is 0 Å². The Kier molecular flexibility index (Phi) is 5.63. The molecular formula is C17H21N3O8. The zero-order valence-corrected chi connectivity index (χ0v) is 14.7. The largest absolute Gasteiger partial charge is 0.480 e. The molecule has 11 heteroatoms. The summed E-state index contributed by atoms with van der Waals surface area (Å²) in [6.07, 6.45) is -3.64. The van der Waals surface area contributed by atoms with Crippen LogP contribution in [0.2, 0.25) is 0 Å². The molecular weight excluding hydrogens is 374 g/mol. The van der Waals surface area contributed by atoms with E-state index in [1.807, 2.05) is 12.1 Å². The van der Waals surface area contributed by atoms with Crippen molar-refractivity contribution >= 4 is 16.9 Å². The van der Waals surface area contributed by atoms with E-state index in [0.717, 1.165) is 10.9 Å². The third-order valence-electron chi connectivity index (χ3n) is 4.91. The molecule has 5 atom stereocenters. The summed E-state index contributed by atoms with van der Waals surface area (Å²) in [4.78, 5) is 26.1. The first-order valence-electron chi connectivity index (χ1n) is 8.55. The van der Waals surface area contributed by atoms with Gasteiger partial charge in [-0.3, -0.25) is 0 Å². The van der Waals surface area contributed by atoms with Crippen molar-refractivity contribution in [3.05, 3.63) is 40.9 Å². The molecule has 28 heavy (non-hydrogen) atoms. The number of aliphatic hydroxyl groups excluding tert-OH is 3. The van der Waals surface area contributed by atoms with E-state index >= 15 is 0 Å². The number of carboxylic acids is 1. The Morgan fingerprint density at radius 1 is 1.36 bits per heavy atom. The van der Waals surface area contributed by atoms with Crippen LogP contribution in [0.4, 0.5) is 0 Å². The second-order valence-corrected chi connectivity index (χ2v) is 6.76. The Morgan fingerprint density at radius 3 is 2.75 bits per heavy atom. The first-order chi connectivity index (χ1) is 13.3. The number of H-pyrrole nitrogens is 1. The minimum atomic E-state index is -2.49. The van der Waals surface area contributed by atoms with Gasteiger partial charge in [0, 0.05) is 23.5 Å². The van der Waals surface area contributed by atoms with Crippen LogP contribution in [0.5, 0.6) is 0 Å². The fourth-order valence-corrected chi connectivity index (χ4v) is 3.29. The zero-order chi connectivity index (χ0) is 20.5. The smallest absolute Gasteiger partial charge is 0.328 e. The number of carbonyl (C=O) groups is 1. The first-order valence-corrected chi connectivity index (χ1v) is 8.55. The number of aliphatic carboxylic acids is 1. The third-order valence-corrected chi connectivity index (χ3v) is 4.91. The van der Waals surface area contributed by atoms with Gasteiger partial charge >= 0.3 is 5.97 Å². The normalized spacial score (nSPS) is 28.8. The molecule has 2 heterocycles. The Morgan fingerprint density at radius 2 is 2.07 bits per heavy atom. The van der Waals surface area contributed by atoms with Crippen molar-refractivity contribution in [2.45, 2.75) is 36.6 Å². The molecule has 0 spiro atoms. The molecule has 0 radical (unpaired) electrons. The summed E-state index contributed by atoms with van der Waals surface area (Å²) in [6.45, 7) is -1.33. The molecule has 1 aromatic carbocycles. The number of hydrogen-bond acceptors (Lipinski definition) is 8. The van der Waals surface area contributed by atoms with E-state index in [-0.39, 0.29) is 6.42 Å². The highest BCUT2D eigenvalue weighted by atomic mass is 16.6. The number of nitrogens with zero attached hydrogens (tertiary/aromatic N) is 2. The van der Waals surface area contributed by atoms with Crippen LogP contribution >= 0.6 is 0 Å². The predicted octanol–water partition coefficient (Wildman–Crippen LogP) is -1.05. The SMILES string of the molecule is O=NN(C[C@]1(O)OC[C@@H](O)[C@@H](O)[C@H]1O)[C@@H](Cc1c[nH]c2ccccc12)C(=O)O. The van der Waals surface area contributed by atoms with Gasteiger partial charge in [-0.15, -0.1) is 4.91 Å². The van der Waals surface area contributed by atoms with Gasteiger partial charge in [-0.25, -0.2) is 9.80 Å². The fourth-order valence-electron chi connectivity index (χ4n) is 3.29. The number of fused-ring (bicyclic) bond motifs is 1. The Bertz CT molecular complexity index is 858. The van der Waals surface area contributed by atoms with Gasteiger partial charge in [0.1, 0.15) is 18.3 Å². The molecule has 3 rings (SSSR count). The Balaban J connectivity index is 1.83. The average Bonchev–Trinajstić information content (AvgIpc) is 3.09. The van der Waals surface area contributed by atoms with Crippen LogP contribution in [0, 0.1) is 4.91 Å². The summed E-state index contributed by atoms with van der Waals surface area (Å²) in [5.74, 6) is -3.86. The molecule has 1 aliphatic heterocycles. The van der Waals surface area contributed by atoms with Crippen molar-refractivity contribution in [3.8, 4) is 0 Å². The van der Waals surface area contributed by atoms with Gasteiger partial charge in [-0.1, -0.05) is 18.2 Å². The minimum Gasteiger partial charge on any atom is -0.480 e. The minimum absolute atomic E-state index is 0.123. The lowest BCUT2D eigenvalue weighted by atomic mass is 9.96. The highest BCUT2D eigenvalue weighted by Crippen LogP contribution is 2.27. The van der Waals surface area contributed by atoms with Crippen molar-refractivity contribution in [1.82, 2.24) is 9.99 Å². The fraction of sp³-hybridized carbons (Fsp3) is 0.471. The number of carboxylic acid groups (broad SMARTS) is 1. The number of nitroso groups, excluding NO2 is 1. The molecule has 152 valence electrons. The van der Waals surface area contributed by atoms with Crippen molar-refractivity contribution in [1.29, 1.82) is 0 Å². The van der Waals surface area contributed by atoms with Gasteiger partial charge in [0.05, 0.1) is 18.4 Å². The number of ether oxygens (including phenoxy) is 1. The van der Waals surface area contributed by atoms with E-state index in [4.69, 9.17) is 4.74 Å². The van der Waals surface area contributed by atoms with Crippen molar-refractivity contribution in [2.24, 2.45) is 5.29 Å². The lowest BCUT2D eigenvalue weighted by Gasteiger charge is -2.43. The molecule has 0 saturated carbocycles. The highest BCUT2D eigenvalue weighted by molar-refractivity contribution is 5.84. The second kappa shape index (κ2) is 7.81. The van der Waals surface area contributed by atoms with Gasteiger partial charge < -0.3 is 35.3 Å². The van der Waals surface area contributed by atoms with Crippen LogP contribution < -0.4 is 0 Å². The number of aromatic nitrogens is 1. The highest BCUT2D eigenvalue weighted by Gasteiger charge is 2.50. The summed E-state index contributed by atoms with van der Waals surface area (Å²) in [5.41, 5.74) is 1.40. The molecule has 2 aromatic rings. The Labute approximate surface area is 158 Å². The first kappa shape index (κ1) is 20.2. The van der Waals surface area contributed by atoms with Gasteiger partial charge in [-0.2, -0.15) is 0 Å². The predicted molar refractivity (Wildman–Crippen MR) is 94.8 cm³/mol. The molecule has 1 fully saturated rings. The van der Waals surface area contributed by atoms with Crippen LogP contribution in [-0.2, 0) is 16.0 Å². The summed E-state index contributed by atoms with van der Waals surface area (Å²) >= 11 is 0. The summed E-state index contributed by atoms with van der Waals surface area (Å²) < 4.78 is 4.98. The van der Waals surface area contributed by atoms with E-state index in [2.05, 4.69) is 10.3 Å². The topological polar surface area (TPSA) is 176 Å². The van der Waals surface area contributed by atoms with Crippen molar-refractivity contribution in [2.75, 3.05) is 13.2 Å². The van der Waals surface area contributed by atoms with Gasteiger partial charge in [0.25, 0.3) is 0 Å². The van der Waals surface area contributed by atoms with Gasteiger partial charge in [0.15, 0.2) is 6.04 Å². The average molecular weight is 395 g/mol. The van der Waals surface area contributed by atoms with E-state index in [1.165, 1.54) is 0 Å². The van der Waals surface area contributed by atoms with E-state index in [0.29, 0.717) is 10.6 Å². The molecule has 0 unspecified atom stereocenters. The molecule has 0 amide bonds. The van der Waals surface area contributed by atoms with Crippen LogP contribution in [0.1, 0.15) is 5.56 Å². The number of para-hydroxylation sites is 1.